The molecule has 0 aliphatic heterocycles. The number of hydrogen-bond donors (Lipinski definition) is 3. The van der Waals surface area contributed by atoms with Crippen LogP contribution in [0.5, 0.6) is 0 Å². The van der Waals surface area contributed by atoms with E-state index in [1.807, 2.05) is 6.92 Å². The Balaban J connectivity index is 3.06. The molecular formula is C17H31ClN4O4S2. The van der Waals surface area contributed by atoms with Crippen molar-refractivity contribution in [3.8, 4) is 0 Å². The van der Waals surface area contributed by atoms with Gasteiger partial charge in [-0.05, 0) is 38.6 Å². The Morgan fingerprint density at radius 2 is 1.68 bits per heavy atom. The summed E-state index contributed by atoms with van der Waals surface area (Å²) in [6.45, 7) is 4.36. The van der Waals surface area contributed by atoms with Crippen LogP contribution in [-0.4, -0.2) is 49.0 Å². The van der Waals surface area contributed by atoms with Crippen molar-refractivity contribution in [3.05, 3.63) is 17.2 Å². The van der Waals surface area contributed by atoms with Crippen LogP contribution >= 0.6 is 11.6 Å². The summed E-state index contributed by atoms with van der Waals surface area (Å²) in [7, 11) is -4.61. The molecule has 4 N–H and O–H groups in total. The van der Waals surface area contributed by atoms with E-state index in [4.69, 9.17) is 17.3 Å². The average molecular weight is 455 g/mol. The molecule has 0 aliphatic carbocycles. The first-order chi connectivity index (χ1) is 12.9. The molecule has 0 aromatic heterocycles. The van der Waals surface area contributed by atoms with E-state index >= 15 is 0 Å². The van der Waals surface area contributed by atoms with Crippen LogP contribution in [0.15, 0.2) is 21.9 Å². The van der Waals surface area contributed by atoms with Crippen LogP contribution in [0, 0.1) is 5.92 Å². The molecule has 0 spiro atoms. The minimum absolute atomic E-state index is 0.0403. The molecule has 0 fully saturated rings. The number of hydrogen-bond acceptors (Lipinski definition) is 6. The number of nitrogen functional groups attached to an aromatic ring is 1. The number of nitrogens with two attached hydrogens (primary N) is 1. The number of rotatable bonds is 12. The zero-order chi connectivity index (χ0) is 21.5. The molecule has 1 unspecified atom stereocenters. The third-order valence-electron chi connectivity index (χ3n) is 4.14. The first-order valence-corrected chi connectivity index (χ1v) is 12.5. The first kappa shape index (κ1) is 25.1. The van der Waals surface area contributed by atoms with Crippen molar-refractivity contribution < 1.29 is 16.8 Å². The second-order valence-electron chi connectivity index (χ2n) is 7.16. The predicted octanol–water partition coefficient (Wildman–Crippen LogP) is 2.21. The third kappa shape index (κ3) is 7.49. The summed E-state index contributed by atoms with van der Waals surface area (Å²) in [6.07, 6.45) is 4.13. The highest BCUT2D eigenvalue weighted by Crippen LogP contribution is 2.30. The van der Waals surface area contributed by atoms with Crippen molar-refractivity contribution in [2.45, 2.75) is 49.3 Å². The Morgan fingerprint density at radius 1 is 1.07 bits per heavy atom. The molecule has 0 saturated carbocycles. The van der Waals surface area contributed by atoms with Gasteiger partial charge in [-0.15, -0.1) is 0 Å². The van der Waals surface area contributed by atoms with Gasteiger partial charge in [-0.1, -0.05) is 44.7 Å². The Labute approximate surface area is 173 Å². The van der Waals surface area contributed by atoms with Gasteiger partial charge in [0.15, 0.2) is 0 Å². The molecule has 0 heterocycles. The topological polar surface area (TPSA) is 122 Å². The maximum absolute atomic E-state index is 12.7. The normalized spacial score (nSPS) is 13.8. The summed E-state index contributed by atoms with van der Waals surface area (Å²) in [4.78, 5) is 0.978. The highest BCUT2D eigenvalue weighted by Gasteiger charge is 2.25. The summed E-state index contributed by atoms with van der Waals surface area (Å²) in [5, 5.41) is -0.143. The quantitative estimate of drug-likeness (QED) is 0.253. The van der Waals surface area contributed by atoms with Gasteiger partial charge >= 0.3 is 0 Å². The van der Waals surface area contributed by atoms with Crippen molar-refractivity contribution in [3.63, 3.8) is 0 Å². The van der Waals surface area contributed by atoms with E-state index in [9.17, 15) is 16.8 Å². The summed E-state index contributed by atoms with van der Waals surface area (Å²) in [5.41, 5.74) is 5.71. The van der Waals surface area contributed by atoms with E-state index in [1.165, 1.54) is 0 Å². The number of halogens is 1. The molecule has 8 nitrogen and oxygen atoms in total. The lowest BCUT2D eigenvalue weighted by atomic mass is 10.0. The van der Waals surface area contributed by atoms with Gasteiger partial charge in [0.25, 0.3) is 0 Å². The maximum Gasteiger partial charge on any atom is 0.243 e. The van der Waals surface area contributed by atoms with E-state index in [-0.39, 0.29) is 39.6 Å². The lowest BCUT2D eigenvalue weighted by molar-refractivity contribution is 0.399. The van der Waals surface area contributed by atoms with E-state index in [1.54, 1.807) is 19.0 Å². The lowest BCUT2D eigenvalue weighted by Gasteiger charge is -2.16. The number of nitrogens with one attached hydrogen (secondary N) is 2. The van der Waals surface area contributed by atoms with Crippen LogP contribution in [-0.2, 0) is 20.0 Å². The van der Waals surface area contributed by atoms with Crippen LogP contribution in [0.25, 0.3) is 0 Å². The fourth-order valence-corrected chi connectivity index (χ4v) is 5.48. The minimum Gasteiger partial charge on any atom is -0.398 e. The zero-order valence-corrected chi connectivity index (χ0v) is 19.2. The van der Waals surface area contributed by atoms with Gasteiger partial charge in [-0.2, -0.15) is 4.72 Å². The summed E-state index contributed by atoms with van der Waals surface area (Å²) < 4.78 is 55.2. The van der Waals surface area contributed by atoms with Crippen LogP contribution < -0.4 is 15.2 Å². The van der Waals surface area contributed by atoms with Gasteiger partial charge in [0.2, 0.25) is 20.0 Å². The van der Waals surface area contributed by atoms with Gasteiger partial charge < -0.3 is 5.73 Å². The molecule has 28 heavy (non-hydrogen) atoms. The zero-order valence-electron chi connectivity index (χ0n) is 16.8. The number of anilines is 1. The van der Waals surface area contributed by atoms with Crippen LogP contribution in [0.2, 0.25) is 5.02 Å². The SMILES string of the molecule is CCCCCC(C)CNS(=O)(=O)c1cc(S(=O)(=O)NCN(C)C)c(Cl)cc1N. The number of nitrogens with zero attached hydrogens (tertiary/aromatic N) is 1. The highest BCUT2D eigenvalue weighted by molar-refractivity contribution is 7.90. The van der Waals surface area contributed by atoms with Crippen molar-refractivity contribution in [2.24, 2.45) is 5.92 Å². The monoisotopic (exact) mass is 454 g/mol. The fraction of sp³-hybridized carbons (Fsp3) is 0.647. The molecule has 0 aliphatic rings. The molecule has 11 heteroatoms. The lowest BCUT2D eigenvalue weighted by Crippen LogP contribution is -2.33. The molecular weight excluding hydrogens is 424 g/mol. The molecule has 0 bridgehead atoms. The second kappa shape index (κ2) is 10.7. The molecule has 0 amide bonds. The largest absolute Gasteiger partial charge is 0.398 e. The minimum atomic E-state index is -4.00. The average Bonchev–Trinajstić information content (AvgIpc) is 2.58. The summed E-state index contributed by atoms with van der Waals surface area (Å²) >= 11 is 6.02. The highest BCUT2D eigenvalue weighted by atomic mass is 35.5. The molecule has 1 aromatic carbocycles. The molecule has 0 radical (unpaired) electrons. The van der Waals surface area contributed by atoms with E-state index in [0.717, 1.165) is 37.8 Å². The van der Waals surface area contributed by atoms with Crippen LogP contribution in [0.4, 0.5) is 5.69 Å². The van der Waals surface area contributed by atoms with Gasteiger partial charge in [-0.3, -0.25) is 4.90 Å². The van der Waals surface area contributed by atoms with Crippen molar-refractivity contribution in [1.82, 2.24) is 14.3 Å². The Morgan fingerprint density at radius 3 is 2.25 bits per heavy atom. The van der Waals surface area contributed by atoms with Crippen LogP contribution in [0.1, 0.15) is 39.5 Å². The second-order valence-corrected chi connectivity index (χ2v) is 11.0. The summed E-state index contributed by atoms with van der Waals surface area (Å²) in [6, 6.07) is 2.14. The number of benzene rings is 1. The molecule has 1 aromatic rings. The predicted molar refractivity (Wildman–Crippen MR) is 113 cm³/mol. The first-order valence-electron chi connectivity index (χ1n) is 9.13. The van der Waals surface area contributed by atoms with Gasteiger partial charge in [0.05, 0.1) is 17.4 Å². The number of sulfonamides is 2. The molecule has 1 rings (SSSR count). The van der Waals surface area contributed by atoms with E-state index < -0.39 is 20.0 Å². The van der Waals surface area contributed by atoms with Gasteiger partial charge in [0, 0.05) is 6.54 Å². The van der Waals surface area contributed by atoms with Crippen molar-refractivity contribution in [2.75, 3.05) is 33.0 Å². The maximum atomic E-state index is 12.7. The third-order valence-corrected chi connectivity index (χ3v) is 7.47. The van der Waals surface area contributed by atoms with Gasteiger partial charge in [-0.25, -0.2) is 21.6 Å². The van der Waals surface area contributed by atoms with E-state index in [0.29, 0.717) is 0 Å². The smallest absolute Gasteiger partial charge is 0.243 e. The van der Waals surface area contributed by atoms with Gasteiger partial charge in [0.1, 0.15) is 9.79 Å². The van der Waals surface area contributed by atoms with E-state index in [2.05, 4.69) is 16.4 Å². The summed E-state index contributed by atoms with van der Waals surface area (Å²) in [5.74, 6) is 0.153. The standard InChI is InChI=1S/C17H31ClN4O4S2/c1-5-6-7-8-13(2)11-20-28(25,26)17-10-16(14(18)9-15(17)19)27(23,24)21-12-22(3)4/h9-10,13,20-21H,5-8,11-12,19H2,1-4H3. The Kier molecular flexibility index (Phi) is 9.65. The number of unbranched alkanes of at least 4 members (excludes halogenated alkanes) is 2. The fourth-order valence-electron chi connectivity index (χ4n) is 2.46. The molecule has 1 atom stereocenters. The van der Waals surface area contributed by atoms with Crippen molar-refractivity contribution >= 4 is 37.3 Å². The molecule has 162 valence electrons. The van der Waals surface area contributed by atoms with Crippen LogP contribution in [0.3, 0.4) is 0 Å². The molecule has 0 saturated heterocycles. The van der Waals surface area contributed by atoms with Crippen molar-refractivity contribution in [1.29, 1.82) is 0 Å². The Bertz CT molecular complexity index is 858. The Hall–Kier alpha value is -0.910.